The highest BCUT2D eigenvalue weighted by Gasteiger charge is 2.31. The van der Waals surface area contributed by atoms with Gasteiger partial charge in [0.1, 0.15) is 12.4 Å². The highest BCUT2D eigenvalue weighted by Crippen LogP contribution is 2.27. The molecule has 1 aromatic carbocycles. The number of ether oxygens (including phenoxy) is 1. The molecule has 4 nitrogen and oxygen atoms in total. The van der Waals surface area contributed by atoms with E-state index in [0.29, 0.717) is 24.5 Å². The molecular weight excluding hydrogens is 254 g/mol. The van der Waals surface area contributed by atoms with Crippen LogP contribution in [0.15, 0.2) is 36.4 Å². The Labute approximate surface area is 119 Å². The van der Waals surface area contributed by atoms with Gasteiger partial charge in [0.05, 0.1) is 12.0 Å². The lowest BCUT2D eigenvalue weighted by Gasteiger charge is -2.15. The Morgan fingerprint density at radius 2 is 2.30 bits per heavy atom. The van der Waals surface area contributed by atoms with E-state index < -0.39 is 6.10 Å². The van der Waals surface area contributed by atoms with Gasteiger partial charge in [-0.25, -0.2) is 0 Å². The lowest BCUT2D eigenvalue weighted by Crippen LogP contribution is -2.28. The van der Waals surface area contributed by atoms with Gasteiger partial charge in [0.25, 0.3) is 0 Å². The summed E-state index contributed by atoms with van der Waals surface area (Å²) >= 11 is 0. The van der Waals surface area contributed by atoms with Crippen molar-refractivity contribution in [1.29, 1.82) is 0 Å². The molecule has 1 aliphatic carbocycles. The normalized spacial score (nSPS) is 21.5. The largest absolute Gasteiger partial charge is 0.489 e. The minimum atomic E-state index is -0.516. The van der Waals surface area contributed by atoms with Crippen molar-refractivity contribution in [3.63, 3.8) is 0 Å². The fraction of sp³-hybridized carbons (Fsp3) is 0.438. The summed E-state index contributed by atoms with van der Waals surface area (Å²) in [5.41, 5.74) is 1.63. The van der Waals surface area contributed by atoms with Crippen molar-refractivity contribution in [3.8, 4) is 5.75 Å². The van der Waals surface area contributed by atoms with Crippen LogP contribution in [0, 0.1) is 5.92 Å². The molecule has 1 aliphatic rings. The number of hydrogen-bond acceptors (Lipinski definition) is 3. The number of aliphatic hydroxyl groups excluding tert-OH is 1. The highest BCUT2D eigenvalue weighted by atomic mass is 16.5. The second kappa shape index (κ2) is 6.57. The van der Waals surface area contributed by atoms with Crippen LogP contribution in [0.3, 0.4) is 0 Å². The number of amides is 1. The van der Waals surface area contributed by atoms with Gasteiger partial charge in [0.2, 0.25) is 5.91 Å². The molecule has 1 fully saturated rings. The molecule has 2 rings (SSSR count). The van der Waals surface area contributed by atoms with Crippen LogP contribution in [0.4, 0.5) is 5.69 Å². The lowest BCUT2D eigenvalue weighted by molar-refractivity contribution is -0.122. The molecule has 0 heterocycles. The van der Waals surface area contributed by atoms with Gasteiger partial charge in [0.15, 0.2) is 0 Å². The number of rotatable bonds is 5. The SMILES string of the molecule is C=C(C)COc1cccc(NC(=O)C2CCCC2O)c1. The maximum Gasteiger partial charge on any atom is 0.230 e. The van der Waals surface area contributed by atoms with Gasteiger partial charge in [-0.15, -0.1) is 0 Å². The summed E-state index contributed by atoms with van der Waals surface area (Å²) in [7, 11) is 0. The van der Waals surface area contributed by atoms with Crippen LogP contribution in [-0.4, -0.2) is 23.7 Å². The molecule has 1 amide bonds. The lowest BCUT2D eigenvalue weighted by atomic mass is 10.1. The highest BCUT2D eigenvalue weighted by molar-refractivity contribution is 5.93. The number of carbonyl (C=O) groups is 1. The number of aliphatic hydroxyl groups is 1. The first kappa shape index (κ1) is 14.6. The van der Waals surface area contributed by atoms with Crippen LogP contribution in [0.1, 0.15) is 26.2 Å². The molecule has 0 radical (unpaired) electrons. The molecule has 2 N–H and O–H groups in total. The maximum atomic E-state index is 12.1. The van der Waals surface area contributed by atoms with Crippen molar-refractivity contribution in [3.05, 3.63) is 36.4 Å². The Hall–Kier alpha value is -1.81. The van der Waals surface area contributed by atoms with E-state index in [2.05, 4.69) is 11.9 Å². The number of carbonyl (C=O) groups excluding carboxylic acids is 1. The maximum absolute atomic E-state index is 12.1. The first-order valence-electron chi connectivity index (χ1n) is 6.92. The van der Waals surface area contributed by atoms with E-state index in [4.69, 9.17) is 4.74 Å². The van der Waals surface area contributed by atoms with E-state index in [1.165, 1.54) is 0 Å². The zero-order chi connectivity index (χ0) is 14.5. The van der Waals surface area contributed by atoms with Crippen molar-refractivity contribution >= 4 is 11.6 Å². The van der Waals surface area contributed by atoms with E-state index in [9.17, 15) is 9.90 Å². The molecule has 0 spiro atoms. The summed E-state index contributed by atoms with van der Waals surface area (Å²) in [6, 6.07) is 7.26. The molecule has 2 unspecified atom stereocenters. The third kappa shape index (κ3) is 3.84. The molecule has 0 aromatic heterocycles. The minimum absolute atomic E-state index is 0.118. The van der Waals surface area contributed by atoms with Crippen molar-refractivity contribution in [1.82, 2.24) is 0 Å². The summed E-state index contributed by atoms with van der Waals surface area (Å²) in [5.74, 6) is 0.278. The predicted octanol–water partition coefficient (Wildman–Crippen LogP) is 2.74. The summed E-state index contributed by atoms with van der Waals surface area (Å²) in [6.07, 6.45) is 1.84. The summed E-state index contributed by atoms with van der Waals surface area (Å²) < 4.78 is 5.54. The van der Waals surface area contributed by atoms with Crippen molar-refractivity contribution in [2.45, 2.75) is 32.3 Å². The monoisotopic (exact) mass is 275 g/mol. The van der Waals surface area contributed by atoms with Crippen molar-refractivity contribution < 1.29 is 14.6 Å². The smallest absolute Gasteiger partial charge is 0.230 e. The topological polar surface area (TPSA) is 58.6 Å². The van der Waals surface area contributed by atoms with Gasteiger partial charge < -0.3 is 15.2 Å². The minimum Gasteiger partial charge on any atom is -0.489 e. The van der Waals surface area contributed by atoms with Crippen LogP contribution < -0.4 is 10.1 Å². The van der Waals surface area contributed by atoms with E-state index in [-0.39, 0.29) is 11.8 Å². The fourth-order valence-corrected chi connectivity index (χ4v) is 2.35. The Balaban J connectivity index is 1.96. The molecular formula is C16H21NO3. The molecule has 108 valence electrons. The Bertz CT molecular complexity index is 498. The summed E-state index contributed by atoms with van der Waals surface area (Å²) in [4.78, 5) is 12.1. The van der Waals surface area contributed by atoms with Crippen LogP contribution in [0.5, 0.6) is 5.75 Å². The molecule has 1 saturated carbocycles. The van der Waals surface area contributed by atoms with E-state index in [0.717, 1.165) is 18.4 Å². The zero-order valence-electron chi connectivity index (χ0n) is 11.8. The van der Waals surface area contributed by atoms with Gasteiger partial charge in [-0.3, -0.25) is 4.79 Å². The van der Waals surface area contributed by atoms with Crippen molar-refractivity contribution in [2.24, 2.45) is 5.92 Å². The second-order valence-electron chi connectivity index (χ2n) is 5.37. The first-order valence-corrected chi connectivity index (χ1v) is 6.92. The van der Waals surface area contributed by atoms with Gasteiger partial charge in [-0.05, 0) is 43.9 Å². The molecule has 4 heteroatoms. The van der Waals surface area contributed by atoms with Crippen LogP contribution in [0.2, 0.25) is 0 Å². The van der Waals surface area contributed by atoms with E-state index in [1.54, 1.807) is 6.07 Å². The third-order valence-electron chi connectivity index (χ3n) is 3.40. The van der Waals surface area contributed by atoms with Gasteiger partial charge in [-0.1, -0.05) is 12.6 Å². The molecule has 2 atom stereocenters. The summed E-state index contributed by atoms with van der Waals surface area (Å²) in [6.45, 7) is 6.13. The molecule has 20 heavy (non-hydrogen) atoms. The van der Waals surface area contributed by atoms with Crippen LogP contribution in [0.25, 0.3) is 0 Å². The number of benzene rings is 1. The van der Waals surface area contributed by atoms with Crippen LogP contribution in [-0.2, 0) is 4.79 Å². The number of anilines is 1. The van der Waals surface area contributed by atoms with Crippen molar-refractivity contribution in [2.75, 3.05) is 11.9 Å². The average Bonchev–Trinajstić information content (AvgIpc) is 2.83. The number of hydrogen-bond donors (Lipinski definition) is 2. The van der Waals surface area contributed by atoms with Crippen LogP contribution >= 0.6 is 0 Å². The van der Waals surface area contributed by atoms with Gasteiger partial charge >= 0.3 is 0 Å². The summed E-state index contributed by atoms with van der Waals surface area (Å²) in [5, 5.41) is 12.6. The Morgan fingerprint density at radius 3 is 2.95 bits per heavy atom. The fourth-order valence-electron chi connectivity index (χ4n) is 2.35. The van der Waals surface area contributed by atoms with E-state index >= 15 is 0 Å². The Morgan fingerprint density at radius 1 is 1.50 bits per heavy atom. The first-order chi connectivity index (χ1) is 9.56. The molecule has 1 aromatic rings. The van der Waals surface area contributed by atoms with Gasteiger partial charge in [-0.2, -0.15) is 0 Å². The third-order valence-corrected chi connectivity index (χ3v) is 3.40. The second-order valence-corrected chi connectivity index (χ2v) is 5.37. The van der Waals surface area contributed by atoms with E-state index in [1.807, 2.05) is 25.1 Å². The quantitative estimate of drug-likeness (QED) is 0.812. The number of nitrogens with one attached hydrogen (secondary N) is 1. The zero-order valence-corrected chi connectivity index (χ0v) is 11.8. The molecule has 0 saturated heterocycles. The molecule has 0 bridgehead atoms. The Kier molecular flexibility index (Phi) is 4.79. The molecule has 0 aliphatic heterocycles. The predicted molar refractivity (Wildman–Crippen MR) is 78.7 cm³/mol. The van der Waals surface area contributed by atoms with Gasteiger partial charge in [0, 0.05) is 11.8 Å². The average molecular weight is 275 g/mol. The standard InChI is InChI=1S/C16H21NO3/c1-11(2)10-20-13-6-3-5-12(9-13)17-16(19)14-7-4-8-15(14)18/h3,5-6,9,14-15,18H,1,4,7-8,10H2,2H3,(H,17,19).